The molecule has 8 N–H and O–H groups in total. The predicted molar refractivity (Wildman–Crippen MR) is 379 cm³/mol. The van der Waals surface area contributed by atoms with Crippen molar-refractivity contribution < 1.29 is 64.5 Å². The van der Waals surface area contributed by atoms with Gasteiger partial charge in [-0.1, -0.05) is 67.4 Å². The molecule has 0 spiro atoms. The molecular formula is C71H86ClF3N11O10S3+. The van der Waals surface area contributed by atoms with Crippen LogP contribution in [0.2, 0.25) is 5.02 Å². The van der Waals surface area contributed by atoms with Gasteiger partial charge in [0.2, 0.25) is 17.7 Å². The number of nitrogens with one attached hydrogen (secondary N) is 5. The van der Waals surface area contributed by atoms with Gasteiger partial charge in [0.15, 0.2) is 11.9 Å². The van der Waals surface area contributed by atoms with E-state index >= 15 is 0 Å². The van der Waals surface area contributed by atoms with E-state index in [0.29, 0.717) is 87.8 Å². The number of nitrogens with zero attached hydrogens (tertiary/aromatic N) is 5. The summed E-state index contributed by atoms with van der Waals surface area (Å²) >= 11 is 8.52. The molecule has 0 saturated carbocycles. The summed E-state index contributed by atoms with van der Waals surface area (Å²) in [7, 11) is -5.85. The summed E-state index contributed by atoms with van der Waals surface area (Å²) < 4.78 is 84.3. The van der Waals surface area contributed by atoms with E-state index in [1.807, 2.05) is 59.5 Å². The third-order valence-corrected chi connectivity index (χ3v) is 21.9. The Kier molecular flexibility index (Phi) is 25.6. The Labute approximate surface area is 589 Å². The number of amides is 5. The van der Waals surface area contributed by atoms with Gasteiger partial charge in [0.05, 0.1) is 59.4 Å². The number of carbonyl (C=O) groups excluding carboxylic acids is 5. The molecule has 530 valence electrons. The van der Waals surface area contributed by atoms with E-state index in [2.05, 4.69) is 66.3 Å². The maximum atomic E-state index is 14.5. The number of sulfone groups is 1. The number of alkyl halides is 3. The number of nitrogens with two attached hydrogens (primary N) is 1. The molecule has 2 atom stereocenters. The van der Waals surface area contributed by atoms with Crippen molar-refractivity contribution in [1.29, 1.82) is 0 Å². The van der Waals surface area contributed by atoms with E-state index in [0.717, 1.165) is 90.5 Å². The van der Waals surface area contributed by atoms with Gasteiger partial charge in [0, 0.05) is 131 Å². The van der Waals surface area contributed by atoms with Crippen LogP contribution in [0.5, 0.6) is 0 Å². The largest absolute Gasteiger partial charge is 0.501 e. The number of allylic oxidation sites excluding steroid dienone is 1. The number of carbonyl (C=O) groups is 5. The van der Waals surface area contributed by atoms with Crippen LogP contribution in [0.25, 0.3) is 5.57 Å². The number of hydrogen-bond donors (Lipinski definition) is 7. The summed E-state index contributed by atoms with van der Waals surface area (Å²) in [5, 5.41) is 23.5. The minimum absolute atomic E-state index is 0.00848. The van der Waals surface area contributed by atoms with Gasteiger partial charge in [0.1, 0.15) is 10.9 Å². The molecule has 99 heavy (non-hydrogen) atoms. The number of hydrogen-bond acceptors (Lipinski definition) is 18. The molecule has 0 bridgehead atoms. The smallest absolute Gasteiger partial charge is 0.459 e. The summed E-state index contributed by atoms with van der Waals surface area (Å²) in [6.45, 7) is 13.4. The van der Waals surface area contributed by atoms with Crippen LogP contribution < -0.4 is 36.3 Å². The second-order valence-corrected chi connectivity index (χ2v) is 30.2. The van der Waals surface area contributed by atoms with Crippen LogP contribution in [-0.2, 0) is 33.7 Å². The molecule has 1 unspecified atom stereocenters. The van der Waals surface area contributed by atoms with Crippen LogP contribution in [0.3, 0.4) is 0 Å². The highest BCUT2D eigenvalue weighted by Crippen LogP contribution is 2.43. The second kappa shape index (κ2) is 34.2. The fraction of sp³-hybridized carbons (Fsp3) is 0.437. The van der Waals surface area contributed by atoms with E-state index < -0.39 is 56.0 Å². The zero-order chi connectivity index (χ0) is 70.3. The van der Waals surface area contributed by atoms with Crippen LogP contribution in [0, 0.1) is 5.41 Å². The number of fused-ring (bicyclic) bond motifs is 1. The van der Waals surface area contributed by atoms with Gasteiger partial charge in [-0.15, -0.1) is 16.2 Å². The third kappa shape index (κ3) is 19.9. The van der Waals surface area contributed by atoms with Crippen molar-refractivity contribution in [2.45, 2.75) is 97.5 Å². The number of imide groups is 2. The monoisotopic (exact) mass is 1440 g/mol. The molecule has 3 saturated heterocycles. The Morgan fingerprint density at radius 1 is 0.838 bits per heavy atom. The molecule has 5 aromatic carbocycles. The second-order valence-electron chi connectivity index (χ2n) is 25.9. The maximum Gasteiger partial charge on any atom is 0.501 e. The molecule has 3 fully saturated rings. The number of aliphatic hydroxyl groups is 1. The van der Waals surface area contributed by atoms with Crippen molar-refractivity contribution in [1.82, 2.24) is 30.2 Å². The molecule has 10 rings (SSSR count). The summed E-state index contributed by atoms with van der Waals surface area (Å²) in [6, 6.07) is 32.2. The number of piperazine rings is 2. The van der Waals surface area contributed by atoms with E-state index in [4.69, 9.17) is 26.8 Å². The number of thioether (sulfide) groups is 1. The highest BCUT2D eigenvalue weighted by Gasteiger charge is 2.49. The number of ether oxygens (including phenoxy) is 2. The molecule has 4 heterocycles. The first kappa shape index (κ1) is 74.1. The quantitative estimate of drug-likeness (QED) is 0.00549. The van der Waals surface area contributed by atoms with E-state index in [1.165, 1.54) is 46.7 Å². The van der Waals surface area contributed by atoms with Gasteiger partial charge in [-0.3, -0.25) is 44.0 Å². The van der Waals surface area contributed by atoms with Crippen LogP contribution in [0.4, 0.5) is 30.2 Å². The van der Waals surface area contributed by atoms with Gasteiger partial charge in [-0.2, -0.15) is 13.2 Å². The predicted octanol–water partition coefficient (Wildman–Crippen LogP) is 8.34. The van der Waals surface area contributed by atoms with Crippen LogP contribution >= 0.6 is 35.3 Å². The van der Waals surface area contributed by atoms with Gasteiger partial charge in [0.25, 0.3) is 21.7 Å². The molecule has 0 aromatic heterocycles. The molecule has 4 aliphatic heterocycles. The van der Waals surface area contributed by atoms with Gasteiger partial charge in [-0.05, 0) is 134 Å². The summed E-state index contributed by atoms with van der Waals surface area (Å²) in [4.78, 5) is 73.7. The van der Waals surface area contributed by atoms with Gasteiger partial charge >= 0.3 is 11.4 Å². The molecule has 28 heteroatoms. The molecule has 5 aliphatic rings. The molecular weight excluding hydrogens is 1360 g/mol. The summed E-state index contributed by atoms with van der Waals surface area (Å²) in [5.41, 5.74) is 7.36. The van der Waals surface area contributed by atoms with Crippen molar-refractivity contribution >= 4 is 103 Å². The first-order chi connectivity index (χ1) is 47.5. The van der Waals surface area contributed by atoms with E-state index in [-0.39, 0.29) is 78.2 Å². The Morgan fingerprint density at radius 3 is 2.29 bits per heavy atom. The lowest BCUT2D eigenvalue weighted by Crippen LogP contribution is -2.64. The van der Waals surface area contributed by atoms with Crippen molar-refractivity contribution in [3.63, 3.8) is 0 Å². The van der Waals surface area contributed by atoms with Crippen LogP contribution in [0.15, 0.2) is 147 Å². The van der Waals surface area contributed by atoms with Gasteiger partial charge < -0.3 is 46.1 Å². The Morgan fingerprint density at radius 2 is 1.57 bits per heavy atom. The Hall–Kier alpha value is -7.63. The number of anilines is 3. The Bertz CT molecular complexity index is 3890. The highest BCUT2D eigenvalue weighted by molar-refractivity contribution is 7.99. The summed E-state index contributed by atoms with van der Waals surface area (Å²) in [5.74, 6) is -2.15. The van der Waals surface area contributed by atoms with Crippen molar-refractivity contribution in [2.24, 2.45) is 11.1 Å². The van der Waals surface area contributed by atoms with Crippen molar-refractivity contribution in [2.75, 3.05) is 126 Å². The zero-order valence-electron chi connectivity index (χ0n) is 55.6. The minimum atomic E-state index is -5.85. The van der Waals surface area contributed by atoms with E-state index in [1.54, 1.807) is 30.5 Å². The molecule has 5 amide bonds. The fourth-order valence-corrected chi connectivity index (χ4v) is 15.6. The lowest BCUT2D eigenvalue weighted by molar-refractivity contribution is -0.257. The number of rotatable bonds is 31. The molecule has 1 aliphatic carbocycles. The van der Waals surface area contributed by atoms with Crippen LogP contribution in [0.1, 0.15) is 97.1 Å². The molecule has 0 radical (unpaired) electrons. The fourth-order valence-electron chi connectivity index (χ4n) is 12.8. The average molecular weight is 1440 g/mol. The average Bonchev–Trinajstić information content (AvgIpc) is 1.67. The lowest BCUT2D eigenvalue weighted by atomic mass is 9.73. The number of piperidine rings is 1. The van der Waals surface area contributed by atoms with E-state index in [9.17, 15) is 50.7 Å². The first-order valence-electron chi connectivity index (χ1n) is 33.4. The standard InChI is InChI=1S/C71H85ClF3N11O10S3/c1-70(2)27-25-57(48-13-17-51(72)18-14-48)50(43-70)45-83-33-35-84(36-34-83)54-19-15-49(16-20-54)66(89)81-98-56-21-22-59(62(42-56)99(93,94)71(73,74)75)79-53(47-97-55-8-4-3-5-9-55)26-30-82-31-37-85(38-32-82)64(88)12-7-28-77-44-52(76)46-96-41-40-95-39-29-78-60-11-6-10-58-65(60)69(92)86(68(58)91)61-23-24-63(87)80-67(61)90/h3-6,8-11,13-22,42,44,53,61,77-79H,7,12,23-41,43,45-47,76H2,1-2H3,(H,81,89)(H,80,87,90)/p+1/b52-44-/t53-,61?/m1/s1. The number of halogens is 4. The van der Waals surface area contributed by atoms with Crippen LogP contribution in [-0.4, -0.2) is 197 Å². The number of benzene rings is 5. The van der Waals surface area contributed by atoms with Gasteiger partial charge in [-0.25, -0.2) is 8.42 Å². The first-order valence-corrected chi connectivity index (χ1v) is 37.0. The maximum absolute atomic E-state index is 14.5. The SMILES string of the molecule is CC1(C)CCC(c2ccc(Cl)cc2)=C(CN2CCN(c3ccc(C(O)=[NH+]Sc4ccc(N[C@H](CCN5CCN(C(=O)CCCN/C=C(\N)COCCOCCNc6cccc7c6C(=O)N(C6CCC(=O)NC6=O)C7=O)CC5)CSc5ccccc5)c(S(=O)(=O)C(F)(F)F)c4)cc3)CC2)C1. The highest BCUT2D eigenvalue weighted by atomic mass is 35.5. The Balaban J connectivity index is 0.643. The lowest BCUT2D eigenvalue weighted by Gasteiger charge is -2.39. The zero-order valence-corrected chi connectivity index (χ0v) is 58.8. The normalized spacial score (nSPS) is 18.6. The molecule has 5 aromatic rings. The molecule has 21 nitrogen and oxygen atoms in total. The number of aliphatic hydroxyl groups excluding tert-OH is 1. The van der Waals surface area contributed by atoms with Crippen molar-refractivity contribution in [3.8, 4) is 0 Å². The minimum Gasteiger partial charge on any atom is -0.459 e. The third-order valence-electron chi connectivity index (χ3n) is 18.2. The van der Waals surface area contributed by atoms with Crippen molar-refractivity contribution in [3.05, 3.63) is 160 Å². The summed E-state index contributed by atoms with van der Waals surface area (Å²) in [6.07, 6.45) is 6.25. The topological polar surface area (TPSA) is 262 Å².